The average molecular weight is 359 g/mol. The third-order valence-electron chi connectivity index (χ3n) is 6.02. The van der Waals surface area contributed by atoms with Crippen LogP contribution in [0.1, 0.15) is 55.7 Å². The lowest BCUT2D eigenvalue weighted by molar-refractivity contribution is -0.139. The van der Waals surface area contributed by atoms with E-state index >= 15 is 0 Å². The summed E-state index contributed by atoms with van der Waals surface area (Å²) in [5, 5.41) is 0. The van der Waals surface area contributed by atoms with Crippen LogP contribution in [-0.2, 0) is 16.1 Å². The Morgan fingerprint density at radius 3 is 2.42 bits per heavy atom. The van der Waals surface area contributed by atoms with Crippen LogP contribution in [0, 0.1) is 13.8 Å². The van der Waals surface area contributed by atoms with Gasteiger partial charge in [-0.3, -0.25) is 9.69 Å². The van der Waals surface area contributed by atoms with Gasteiger partial charge in [0.25, 0.3) is 0 Å². The van der Waals surface area contributed by atoms with Crippen molar-refractivity contribution in [3.8, 4) is 0 Å². The first-order valence-electron chi connectivity index (χ1n) is 10.3. The van der Waals surface area contributed by atoms with Crippen LogP contribution in [0.3, 0.4) is 0 Å². The number of hydrogen-bond acceptors (Lipinski definition) is 3. The van der Waals surface area contributed by atoms with Crippen LogP contribution in [0.15, 0.2) is 18.2 Å². The molecule has 1 amide bonds. The molecule has 0 radical (unpaired) electrons. The normalized spacial score (nSPS) is 20.3. The third-order valence-corrected chi connectivity index (χ3v) is 6.02. The van der Waals surface area contributed by atoms with E-state index in [2.05, 4.69) is 41.8 Å². The maximum Gasteiger partial charge on any atom is 0.222 e. The SMILES string of the molecule is CCC(=O)N(C1CCOCC1)C1CCN(Cc2cc(C)ccc2C)CC1. The molecular formula is C22H34N2O2. The Kier molecular flexibility index (Phi) is 6.71. The predicted molar refractivity (Wildman–Crippen MR) is 105 cm³/mol. The van der Waals surface area contributed by atoms with E-state index in [9.17, 15) is 4.79 Å². The Labute approximate surface area is 158 Å². The van der Waals surface area contributed by atoms with Crippen molar-refractivity contribution in [2.75, 3.05) is 26.3 Å². The molecule has 1 aromatic rings. The Balaban J connectivity index is 1.60. The fraction of sp³-hybridized carbons (Fsp3) is 0.682. The zero-order valence-electron chi connectivity index (χ0n) is 16.7. The third kappa shape index (κ3) is 4.66. The maximum absolute atomic E-state index is 12.6. The number of amides is 1. The van der Waals surface area contributed by atoms with Gasteiger partial charge in [0.2, 0.25) is 5.91 Å². The second-order valence-electron chi connectivity index (χ2n) is 7.94. The molecule has 4 nitrogen and oxygen atoms in total. The Morgan fingerprint density at radius 2 is 1.77 bits per heavy atom. The summed E-state index contributed by atoms with van der Waals surface area (Å²) in [5.41, 5.74) is 4.15. The van der Waals surface area contributed by atoms with E-state index in [0.717, 1.165) is 58.5 Å². The highest BCUT2D eigenvalue weighted by molar-refractivity contribution is 5.76. The van der Waals surface area contributed by atoms with E-state index in [0.29, 0.717) is 24.4 Å². The minimum absolute atomic E-state index is 0.324. The molecule has 4 heteroatoms. The number of benzene rings is 1. The van der Waals surface area contributed by atoms with Gasteiger partial charge >= 0.3 is 0 Å². The first-order valence-corrected chi connectivity index (χ1v) is 10.3. The van der Waals surface area contributed by atoms with Crippen LogP contribution >= 0.6 is 0 Å². The fourth-order valence-electron chi connectivity index (χ4n) is 4.42. The van der Waals surface area contributed by atoms with Crippen molar-refractivity contribution < 1.29 is 9.53 Å². The number of ether oxygens (including phenoxy) is 1. The molecule has 0 spiro atoms. The molecule has 144 valence electrons. The summed E-state index contributed by atoms with van der Waals surface area (Å²) in [4.78, 5) is 17.4. The van der Waals surface area contributed by atoms with Gasteiger partial charge in [-0.05, 0) is 50.7 Å². The van der Waals surface area contributed by atoms with Gasteiger partial charge in [-0.1, -0.05) is 30.7 Å². The quantitative estimate of drug-likeness (QED) is 0.805. The van der Waals surface area contributed by atoms with Gasteiger partial charge in [-0.15, -0.1) is 0 Å². The van der Waals surface area contributed by atoms with Gasteiger partial charge in [0.15, 0.2) is 0 Å². The van der Waals surface area contributed by atoms with Crippen LogP contribution in [0.4, 0.5) is 0 Å². The number of hydrogen-bond donors (Lipinski definition) is 0. The van der Waals surface area contributed by atoms with Crippen molar-refractivity contribution in [1.82, 2.24) is 9.80 Å². The van der Waals surface area contributed by atoms with Gasteiger partial charge < -0.3 is 9.64 Å². The number of nitrogens with zero attached hydrogens (tertiary/aromatic N) is 2. The molecule has 0 saturated carbocycles. The zero-order chi connectivity index (χ0) is 18.5. The van der Waals surface area contributed by atoms with Crippen molar-refractivity contribution in [1.29, 1.82) is 0 Å². The van der Waals surface area contributed by atoms with Crippen LogP contribution in [-0.4, -0.2) is 54.1 Å². The number of carbonyl (C=O) groups excluding carboxylic acids is 1. The molecule has 1 aromatic carbocycles. The maximum atomic E-state index is 12.6. The van der Waals surface area contributed by atoms with Crippen LogP contribution in [0.2, 0.25) is 0 Å². The summed E-state index contributed by atoms with van der Waals surface area (Å²) >= 11 is 0. The summed E-state index contributed by atoms with van der Waals surface area (Å²) < 4.78 is 5.51. The molecule has 2 heterocycles. The van der Waals surface area contributed by atoms with Crippen molar-refractivity contribution >= 4 is 5.91 Å². The second kappa shape index (κ2) is 9.01. The average Bonchev–Trinajstić information content (AvgIpc) is 2.67. The van der Waals surface area contributed by atoms with E-state index in [-0.39, 0.29) is 0 Å². The van der Waals surface area contributed by atoms with E-state index < -0.39 is 0 Å². The molecule has 0 atom stereocenters. The Hall–Kier alpha value is -1.39. The summed E-state index contributed by atoms with van der Waals surface area (Å²) in [6.45, 7) is 11.1. The van der Waals surface area contributed by atoms with Gasteiger partial charge in [-0.2, -0.15) is 0 Å². The summed E-state index contributed by atoms with van der Waals surface area (Å²) in [7, 11) is 0. The number of piperidine rings is 1. The van der Waals surface area contributed by atoms with Crippen molar-refractivity contribution in [3.05, 3.63) is 34.9 Å². The molecule has 0 aromatic heterocycles. The smallest absolute Gasteiger partial charge is 0.222 e. The minimum atomic E-state index is 0.324. The first-order chi connectivity index (χ1) is 12.6. The van der Waals surface area contributed by atoms with Crippen LogP contribution in [0.25, 0.3) is 0 Å². The highest BCUT2D eigenvalue weighted by Gasteiger charge is 2.33. The number of carbonyl (C=O) groups is 1. The summed E-state index contributed by atoms with van der Waals surface area (Å²) in [5.74, 6) is 0.324. The molecule has 2 saturated heterocycles. The Morgan fingerprint density at radius 1 is 1.12 bits per heavy atom. The van der Waals surface area contributed by atoms with Crippen molar-refractivity contribution in [3.63, 3.8) is 0 Å². The van der Waals surface area contributed by atoms with E-state index in [1.54, 1.807) is 0 Å². The zero-order valence-corrected chi connectivity index (χ0v) is 16.7. The number of aryl methyl sites for hydroxylation is 2. The lowest BCUT2D eigenvalue weighted by Gasteiger charge is -2.43. The molecule has 2 fully saturated rings. The predicted octanol–water partition coefficient (Wildman–Crippen LogP) is 3.69. The molecule has 2 aliphatic rings. The number of rotatable bonds is 5. The molecule has 2 aliphatic heterocycles. The highest BCUT2D eigenvalue weighted by atomic mass is 16.5. The standard InChI is InChI=1S/C22H34N2O2/c1-4-22(25)24(21-9-13-26-14-10-21)20-7-11-23(12-8-20)16-19-15-17(2)5-6-18(19)3/h5-6,15,20-21H,4,7-14,16H2,1-3H3. The van der Waals surface area contributed by atoms with Crippen molar-refractivity contribution in [2.45, 2.75) is 71.5 Å². The lowest BCUT2D eigenvalue weighted by Crippen LogP contribution is -2.52. The number of likely N-dealkylation sites (tertiary alicyclic amines) is 1. The summed E-state index contributed by atoms with van der Waals surface area (Å²) in [6.07, 6.45) is 4.78. The van der Waals surface area contributed by atoms with Gasteiger partial charge in [0, 0.05) is 51.4 Å². The lowest BCUT2D eigenvalue weighted by atomic mass is 9.96. The molecule has 0 bridgehead atoms. The first kappa shape index (κ1) is 19.4. The van der Waals surface area contributed by atoms with Gasteiger partial charge in [-0.25, -0.2) is 0 Å². The van der Waals surface area contributed by atoms with E-state index in [1.807, 2.05) is 6.92 Å². The largest absolute Gasteiger partial charge is 0.381 e. The van der Waals surface area contributed by atoms with Gasteiger partial charge in [0.1, 0.15) is 0 Å². The topological polar surface area (TPSA) is 32.8 Å². The van der Waals surface area contributed by atoms with Crippen molar-refractivity contribution in [2.24, 2.45) is 0 Å². The molecule has 0 N–H and O–H groups in total. The monoisotopic (exact) mass is 358 g/mol. The molecule has 0 unspecified atom stereocenters. The highest BCUT2D eigenvalue weighted by Crippen LogP contribution is 2.26. The van der Waals surface area contributed by atoms with E-state index in [1.165, 1.54) is 16.7 Å². The summed E-state index contributed by atoms with van der Waals surface area (Å²) in [6, 6.07) is 7.51. The Bertz CT molecular complexity index is 602. The van der Waals surface area contributed by atoms with Crippen LogP contribution in [0.5, 0.6) is 0 Å². The van der Waals surface area contributed by atoms with Crippen LogP contribution < -0.4 is 0 Å². The fourth-order valence-corrected chi connectivity index (χ4v) is 4.42. The molecule has 3 rings (SSSR count). The molecular weight excluding hydrogens is 324 g/mol. The molecule has 0 aliphatic carbocycles. The molecule has 26 heavy (non-hydrogen) atoms. The minimum Gasteiger partial charge on any atom is -0.381 e. The second-order valence-corrected chi connectivity index (χ2v) is 7.94. The van der Waals surface area contributed by atoms with Gasteiger partial charge in [0.05, 0.1) is 0 Å². The van der Waals surface area contributed by atoms with E-state index in [4.69, 9.17) is 4.74 Å².